The summed E-state index contributed by atoms with van der Waals surface area (Å²) in [5.74, 6) is 0.603. The molecule has 196 valence electrons. The fraction of sp³-hybridized carbons (Fsp3) is 0.321. The number of hydrogen-bond donors (Lipinski definition) is 0. The van der Waals surface area contributed by atoms with Gasteiger partial charge in [-0.25, -0.2) is 4.68 Å². The van der Waals surface area contributed by atoms with E-state index in [-0.39, 0.29) is 5.91 Å². The van der Waals surface area contributed by atoms with E-state index in [9.17, 15) is 4.79 Å². The Labute approximate surface area is 230 Å². The fourth-order valence-electron chi connectivity index (χ4n) is 5.38. The quantitative estimate of drug-likeness (QED) is 0.298. The summed E-state index contributed by atoms with van der Waals surface area (Å²) in [6.07, 6.45) is 2.44. The van der Waals surface area contributed by atoms with Gasteiger partial charge in [-0.15, -0.1) is 0 Å². The van der Waals surface area contributed by atoms with Crippen molar-refractivity contribution in [3.05, 3.63) is 69.5 Å². The molecule has 1 amide bonds. The normalized spacial score (nSPS) is 15.9. The van der Waals surface area contributed by atoms with Gasteiger partial charge in [0.25, 0.3) is 5.91 Å². The molecule has 4 aromatic rings. The SMILES string of the molecule is COc1cc2c(cc1-c1ccn(C)n1)-c1c(c(C(=O)N3CCOCC3(C)C)nn1-c1cc(Cl)cc(Cl)c1)C2. The van der Waals surface area contributed by atoms with Crippen molar-refractivity contribution in [2.24, 2.45) is 7.05 Å². The molecule has 6 rings (SSSR count). The molecule has 1 aliphatic carbocycles. The van der Waals surface area contributed by atoms with Crippen LogP contribution in [0.3, 0.4) is 0 Å². The summed E-state index contributed by atoms with van der Waals surface area (Å²) in [4.78, 5) is 15.9. The number of ether oxygens (including phenoxy) is 2. The van der Waals surface area contributed by atoms with Crippen LogP contribution in [0.15, 0.2) is 42.6 Å². The van der Waals surface area contributed by atoms with Gasteiger partial charge in [-0.1, -0.05) is 23.2 Å². The molecule has 1 aliphatic heterocycles. The molecule has 10 heteroatoms. The average molecular weight is 552 g/mol. The van der Waals surface area contributed by atoms with Gasteiger partial charge in [0.2, 0.25) is 0 Å². The molecule has 0 spiro atoms. The number of fused-ring (bicyclic) bond motifs is 3. The number of methoxy groups -OCH3 is 1. The Morgan fingerprint density at radius 3 is 2.50 bits per heavy atom. The van der Waals surface area contributed by atoms with E-state index in [1.807, 2.05) is 44.1 Å². The van der Waals surface area contributed by atoms with Crippen molar-refractivity contribution in [3.8, 4) is 34.0 Å². The maximum atomic E-state index is 14.0. The molecule has 8 nitrogen and oxygen atoms in total. The van der Waals surface area contributed by atoms with Crippen LogP contribution in [-0.4, -0.2) is 62.8 Å². The summed E-state index contributed by atoms with van der Waals surface area (Å²) < 4.78 is 15.0. The molecular formula is C28H27Cl2N5O3. The largest absolute Gasteiger partial charge is 0.496 e. The van der Waals surface area contributed by atoms with Gasteiger partial charge in [0.15, 0.2) is 5.69 Å². The van der Waals surface area contributed by atoms with Crippen LogP contribution in [0.2, 0.25) is 10.0 Å². The third-order valence-corrected chi connectivity index (χ3v) is 7.64. The van der Waals surface area contributed by atoms with Crippen LogP contribution in [0.4, 0.5) is 0 Å². The third-order valence-electron chi connectivity index (χ3n) is 7.21. The molecule has 2 aromatic heterocycles. The van der Waals surface area contributed by atoms with Crippen molar-refractivity contribution >= 4 is 29.1 Å². The number of halogens is 2. The van der Waals surface area contributed by atoms with E-state index in [0.717, 1.165) is 39.4 Å². The highest BCUT2D eigenvalue weighted by molar-refractivity contribution is 6.34. The lowest BCUT2D eigenvalue weighted by atomic mass is 10.0. The lowest BCUT2D eigenvalue weighted by Crippen LogP contribution is -2.55. The van der Waals surface area contributed by atoms with Crippen molar-refractivity contribution < 1.29 is 14.3 Å². The maximum Gasteiger partial charge on any atom is 0.275 e. The van der Waals surface area contributed by atoms with Gasteiger partial charge in [-0.05, 0) is 55.8 Å². The summed E-state index contributed by atoms with van der Waals surface area (Å²) in [7, 11) is 3.53. The lowest BCUT2D eigenvalue weighted by Gasteiger charge is -2.41. The first-order chi connectivity index (χ1) is 18.2. The summed E-state index contributed by atoms with van der Waals surface area (Å²) in [6, 6.07) is 11.3. The van der Waals surface area contributed by atoms with Gasteiger partial charge in [-0.3, -0.25) is 9.48 Å². The number of benzene rings is 2. The number of rotatable bonds is 4. The Bertz CT molecular complexity index is 1570. The highest BCUT2D eigenvalue weighted by atomic mass is 35.5. The zero-order chi connectivity index (χ0) is 26.8. The van der Waals surface area contributed by atoms with E-state index in [2.05, 4.69) is 11.2 Å². The first-order valence-electron chi connectivity index (χ1n) is 12.4. The Hall–Kier alpha value is -3.33. The van der Waals surface area contributed by atoms with Gasteiger partial charge < -0.3 is 14.4 Å². The lowest BCUT2D eigenvalue weighted by molar-refractivity contribution is -0.0373. The smallest absolute Gasteiger partial charge is 0.275 e. The number of carbonyl (C=O) groups excluding carboxylic acids is 1. The first kappa shape index (κ1) is 25.0. The van der Waals surface area contributed by atoms with E-state index in [1.54, 1.807) is 34.7 Å². The van der Waals surface area contributed by atoms with Crippen molar-refractivity contribution in [1.82, 2.24) is 24.5 Å². The van der Waals surface area contributed by atoms with E-state index in [1.165, 1.54) is 0 Å². The minimum Gasteiger partial charge on any atom is -0.496 e. The Morgan fingerprint density at radius 1 is 1.08 bits per heavy atom. The molecule has 1 saturated heterocycles. The van der Waals surface area contributed by atoms with Gasteiger partial charge in [0, 0.05) is 52.9 Å². The van der Waals surface area contributed by atoms with Gasteiger partial charge in [0.1, 0.15) is 5.75 Å². The molecule has 38 heavy (non-hydrogen) atoms. The maximum absolute atomic E-state index is 14.0. The van der Waals surface area contributed by atoms with E-state index in [0.29, 0.717) is 47.6 Å². The molecule has 2 aliphatic rings. The van der Waals surface area contributed by atoms with Gasteiger partial charge >= 0.3 is 0 Å². The molecule has 0 saturated carbocycles. The zero-order valence-corrected chi connectivity index (χ0v) is 23.1. The van der Waals surface area contributed by atoms with Crippen LogP contribution in [0, 0.1) is 0 Å². The van der Waals surface area contributed by atoms with Crippen molar-refractivity contribution in [1.29, 1.82) is 0 Å². The number of amides is 1. The van der Waals surface area contributed by atoms with E-state index >= 15 is 0 Å². The number of aryl methyl sites for hydroxylation is 1. The van der Waals surface area contributed by atoms with Crippen LogP contribution in [-0.2, 0) is 18.2 Å². The zero-order valence-electron chi connectivity index (χ0n) is 21.6. The molecule has 2 aromatic carbocycles. The summed E-state index contributed by atoms with van der Waals surface area (Å²) >= 11 is 12.8. The molecular weight excluding hydrogens is 525 g/mol. The molecule has 0 N–H and O–H groups in total. The number of hydrogen-bond acceptors (Lipinski definition) is 5. The van der Waals surface area contributed by atoms with Crippen LogP contribution in [0.25, 0.3) is 28.2 Å². The number of aromatic nitrogens is 4. The van der Waals surface area contributed by atoms with Gasteiger partial charge in [0.05, 0.1) is 42.9 Å². The summed E-state index contributed by atoms with van der Waals surface area (Å²) in [6.45, 7) is 5.48. The molecule has 0 unspecified atom stereocenters. The van der Waals surface area contributed by atoms with Crippen molar-refractivity contribution in [2.75, 3.05) is 26.9 Å². The Kier molecular flexibility index (Phi) is 6.01. The molecule has 0 bridgehead atoms. The van der Waals surface area contributed by atoms with Crippen molar-refractivity contribution in [2.45, 2.75) is 25.8 Å². The predicted octanol–water partition coefficient (Wildman–Crippen LogP) is 5.41. The molecule has 3 heterocycles. The summed E-state index contributed by atoms with van der Waals surface area (Å²) in [5, 5.41) is 10.5. The highest BCUT2D eigenvalue weighted by Gasteiger charge is 2.39. The van der Waals surface area contributed by atoms with E-state index < -0.39 is 5.54 Å². The molecule has 0 atom stereocenters. The molecule has 0 radical (unpaired) electrons. The first-order valence-corrected chi connectivity index (χ1v) is 13.1. The third kappa shape index (κ3) is 4.08. The van der Waals surface area contributed by atoms with Crippen LogP contribution in [0.1, 0.15) is 35.5 Å². The fourth-order valence-corrected chi connectivity index (χ4v) is 5.90. The number of carbonyl (C=O) groups is 1. The minimum absolute atomic E-state index is 0.119. The highest BCUT2D eigenvalue weighted by Crippen LogP contribution is 2.45. The van der Waals surface area contributed by atoms with Crippen LogP contribution in [0.5, 0.6) is 5.75 Å². The number of nitrogens with zero attached hydrogens (tertiary/aromatic N) is 5. The predicted molar refractivity (Wildman–Crippen MR) is 147 cm³/mol. The monoisotopic (exact) mass is 551 g/mol. The second-order valence-corrected chi connectivity index (χ2v) is 11.2. The van der Waals surface area contributed by atoms with Gasteiger partial charge in [-0.2, -0.15) is 10.2 Å². The van der Waals surface area contributed by atoms with Crippen molar-refractivity contribution in [3.63, 3.8) is 0 Å². The summed E-state index contributed by atoms with van der Waals surface area (Å²) in [5.41, 5.74) is 6.02. The van der Waals surface area contributed by atoms with Crippen LogP contribution < -0.4 is 4.74 Å². The second kappa shape index (κ2) is 9.15. The molecule has 1 fully saturated rings. The topological polar surface area (TPSA) is 74.4 Å². The Morgan fingerprint density at radius 2 is 1.84 bits per heavy atom. The minimum atomic E-state index is -0.452. The number of morpholine rings is 1. The standard InChI is InChI=1S/C28H27Cl2N5O3/c1-28(2)15-38-8-7-34(28)27(36)25-22-9-16-10-24(37-4)21(23-5-6-33(3)31-23)14-20(16)26(22)35(32-25)19-12-17(29)11-18(30)13-19/h5-6,10-14H,7-9,15H2,1-4H3. The van der Waals surface area contributed by atoms with E-state index in [4.69, 9.17) is 37.8 Å². The second-order valence-electron chi connectivity index (χ2n) is 10.3. The average Bonchev–Trinajstić information content (AvgIpc) is 3.55. The van der Waals surface area contributed by atoms with Crippen LogP contribution >= 0.6 is 23.2 Å². The Balaban J connectivity index is 1.57.